The molecule has 3 N–H and O–H groups in total. The number of carbonyl (C=O) groups is 2. The fourth-order valence-electron chi connectivity index (χ4n) is 2.86. The molecule has 1 aliphatic rings. The Morgan fingerprint density at radius 3 is 2.52 bits per heavy atom. The van der Waals surface area contributed by atoms with E-state index in [0.717, 1.165) is 5.56 Å². The number of para-hydroxylation sites is 1. The molecule has 1 fully saturated rings. The van der Waals surface area contributed by atoms with Crippen LogP contribution < -0.4 is 16.0 Å². The molecule has 3 rings (SSSR count). The van der Waals surface area contributed by atoms with Crippen molar-refractivity contribution in [2.75, 3.05) is 5.32 Å². The van der Waals surface area contributed by atoms with Crippen LogP contribution in [0.3, 0.4) is 0 Å². The first kappa shape index (κ1) is 16.7. The number of amides is 3. The standard InChI is InChI=1S/C19H18FN3O2/c1-11-5-3-4-6-15(11)22-18(24)16-12(2)21-19(25)23-17(16)13-7-9-14(20)10-8-13/h3-10,16-17H,2H2,1H3,(H,22,24)(H2,21,23,25)/t16-,17+/m0/s1. The minimum Gasteiger partial charge on any atom is -0.330 e. The quantitative estimate of drug-likeness (QED) is 0.803. The van der Waals surface area contributed by atoms with Gasteiger partial charge in [0.2, 0.25) is 5.91 Å². The Morgan fingerprint density at radius 2 is 1.84 bits per heavy atom. The average Bonchev–Trinajstić information content (AvgIpc) is 2.57. The highest BCUT2D eigenvalue weighted by molar-refractivity contribution is 5.97. The smallest absolute Gasteiger partial charge is 0.319 e. The minimum atomic E-state index is -0.734. The van der Waals surface area contributed by atoms with Gasteiger partial charge in [0.25, 0.3) is 0 Å². The summed E-state index contributed by atoms with van der Waals surface area (Å²) in [6.07, 6.45) is 0. The number of rotatable bonds is 3. The molecule has 0 radical (unpaired) electrons. The summed E-state index contributed by atoms with van der Waals surface area (Å²) in [5, 5.41) is 8.13. The van der Waals surface area contributed by atoms with Gasteiger partial charge >= 0.3 is 6.03 Å². The normalized spacial score (nSPS) is 19.8. The van der Waals surface area contributed by atoms with Crippen molar-refractivity contribution in [1.29, 1.82) is 0 Å². The molecule has 2 atom stereocenters. The van der Waals surface area contributed by atoms with Crippen LogP contribution in [0.1, 0.15) is 17.2 Å². The second kappa shape index (κ2) is 6.76. The van der Waals surface area contributed by atoms with E-state index >= 15 is 0 Å². The summed E-state index contributed by atoms with van der Waals surface area (Å²) < 4.78 is 13.2. The number of carbonyl (C=O) groups excluding carboxylic acids is 2. The molecule has 3 amide bonds. The van der Waals surface area contributed by atoms with Gasteiger partial charge in [0.05, 0.1) is 6.04 Å². The highest BCUT2D eigenvalue weighted by Crippen LogP contribution is 2.31. The van der Waals surface area contributed by atoms with Gasteiger partial charge in [-0.15, -0.1) is 0 Å². The number of benzene rings is 2. The van der Waals surface area contributed by atoms with Crippen molar-refractivity contribution in [2.24, 2.45) is 5.92 Å². The molecule has 0 aliphatic carbocycles. The van der Waals surface area contributed by atoms with Crippen molar-refractivity contribution in [2.45, 2.75) is 13.0 Å². The third-order valence-electron chi connectivity index (χ3n) is 4.18. The number of hydrogen-bond donors (Lipinski definition) is 3. The van der Waals surface area contributed by atoms with Crippen LogP contribution in [-0.4, -0.2) is 11.9 Å². The van der Waals surface area contributed by atoms with Crippen molar-refractivity contribution in [1.82, 2.24) is 10.6 Å². The number of hydrogen-bond acceptors (Lipinski definition) is 2. The van der Waals surface area contributed by atoms with Crippen molar-refractivity contribution >= 4 is 17.6 Å². The lowest BCUT2D eigenvalue weighted by Crippen LogP contribution is -2.51. The van der Waals surface area contributed by atoms with Crippen LogP contribution in [0, 0.1) is 18.7 Å². The maximum atomic E-state index is 13.2. The van der Waals surface area contributed by atoms with Crippen LogP contribution in [0.4, 0.5) is 14.9 Å². The van der Waals surface area contributed by atoms with Gasteiger partial charge in [-0.1, -0.05) is 36.9 Å². The van der Waals surface area contributed by atoms with Gasteiger partial charge < -0.3 is 16.0 Å². The van der Waals surface area contributed by atoms with Crippen LogP contribution in [0.2, 0.25) is 0 Å². The monoisotopic (exact) mass is 339 g/mol. The maximum Gasteiger partial charge on any atom is 0.319 e. The molecule has 0 unspecified atom stereocenters. The Bertz CT molecular complexity index is 833. The zero-order valence-electron chi connectivity index (χ0n) is 13.7. The largest absolute Gasteiger partial charge is 0.330 e. The van der Waals surface area contributed by atoms with E-state index in [9.17, 15) is 14.0 Å². The fourth-order valence-corrected chi connectivity index (χ4v) is 2.86. The summed E-state index contributed by atoms with van der Waals surface area (Å²) in [6.45, 7) is 5.71. The van der Waals surface area contributed by atoms with E-state index in [1.807, 2.05) is 25.1 Å². The van der Waals surface area contributed by atoms with Crippen LogP contribution >= 0.6 is 0 Å². The topological polar surface area (TPSA) is 70.2 Å². The molecular formula is C19H18FN3O2. The van der Waals surface area contributed by atoms with Gasteiger partial charge in [-0.05, 0) is 36.2 Å². The predicted molar refractivity (Wildman–Crippen MR) is 93.2 cm³/mol. The van der Waals surface area contributed by atoms with Gasteiger partial charge in [0.15, 0.2) is 0 Å². The van der Waals surface area contributed by atoms with E-state index in [0.29, 0.717) is 16.9 Å². The third-order valence-corrected chi connectivity index (χ3v) is 4.18. The predicted octanol–water partition coefficient (Wildman–Crippen LogP) is 3.26. The number of anilines is 1. The van der Waals surface area contributed by atoms with E-state index in [-0.39, 0.29) is 11.7 Å². The van der Waals surface area contributed by atoms with Gasteiger partial charge in [-0.25, -0.2) is 9.18 Å². The minimum absolute atomic E-state index is 0.296. The van der Waals surface area contributed by atoms with Gasteiger partial charge in [0.1, 0.15) is 11.7 Å². The molecule has 25 heavy (non-hydrogen) atoms. The van der Waals surface area contributed by atoms with Crippen LogP contribution in [0.15, 0.2) is 60.8 Å². The maximum absolute atomic E-state index is 13.2. The Kier molecular flexibility index (Phi) is 4.52. The highest BCUT2D eigenvalue weighted by Gasteiger charge is 2.37. The molecule has 2 aromatic rings. The Labute approximate surface area is 144 Å². The molecule has 0 saturated carbocycles. The first-order chi connectivity index (χ1) is 12.0. The molecule has 0 aromatic heterocycles. The van der Waals surface area contributed by atoms with E-state index in [2.05, 4.69) is 22.5 Å². The summed E-state index contributed by atoms with van der Waals surface area (Å²) >= 11 is 0. The van der Waals surface area contributed by atoms with E-state index in [1.165, 1.54) is 12.1 Å². The van der Waals surface area contributed by atoms with Gasteiger partial charge in [0, 0.05) is 11.4 Å². The first-order valence-corrected chi connectivity index (χ1v) is 7.84. The number of halogens is 1. The Morgan fingerprint density at radius 1 is 1.16 bits per heavy atom. The fraction of sp³-hybridized carbons (Fsp3) is 0.158. The lowest BCUT2D eigenvalue weighted by Gasteiger charge is -2.34. The SMILES string of the molecule is C=C1NC(=O)N[C@H](c2ccc(F)cc2)[C@H]1C(=O)Nc1ccccc1C. The van der Waals surface area contributed by atoms with Crippen molar-refractivity contribution in [3.63, 3.8) is 0 Å². The average molecular weight is 339 g/mol. The lowest BCUT2D eigenvalue weighted by molar-refractivity contribution is -0.119. The lowest BCUT2D eigenvalue weighted by atomic mass is 9.88. The summed E-state index contributed by atoms with van der Waals surface area (Å²) in [5.74, 6) is -1.42. The third kappa shape index (κ3) is 3.52. The summed E-state index contributed by atoms with van der Waals surface area (Å²) in [6, 6.07) is 12.0. The van der Waals surface area contributed by atoms with Crippen LogP contribution in [-0.2, 0) is 4.79 Å². The Hall–Kier alpha value is -3.15. The summed E-state index contributed by atoms with van der Waals surface area (Å²) in [4.78, 5) is 24.7. The molecule has 128 valence electrons. The molecule has 1 heterocycles. The molecule has 5 nitrogen and oxygen atoms in total. The second-order valence-electron chi connectivity index (χ2n) is 5.93. The second-order valence-corrected chi connectivity index (χ2v) is 5.93. The van der Waals surface area contributed by atoms with Crippen molar-refractivity contribution in [3.8, 4) is 0 Å². The van der Waals surface area contributed by atoms with E-state index < -0.39 is 18.0 Å². The molecular weight excluding hydrogens is 321 g/mol. The van der Waals surface area contributed by atoms with E-state index in [1.54, 1.807) is 18.2 Å². The number of nitrogens with one attached hydrogen (secondary N) is 3. The molecule has 1 saturated heterocycles. The van der Waals surface area contributed by atoms with Crippen LogP contribution in [0.25, 0.3) is 0 Å². The summed E-state index contributed by atoms with van der Waals surface area (Å²) in [5.41, 5.74) is 2.54. The summed E-state index contributed by atoms with van der Waals surface area (Å²) in [7, 11) is 0. The zero-order chi connectivity index (χ0) is 18.0. The number of aryl methyl sites for hydroxylation is 1. The highest BCUT2D eigenvalue weighted by atomic mass is 19.1. The first-order valence-electron chi connectivity index (χ1n) is 7.84. The van der Waals surface area contributed by atoms with Crippen molar-refractivity contribution in [3.05, 3.63) is 77.8 Å². The molecule has 0 spiro atoms. The molecule has 6 heteroatoms. The molecule has 0 bridgehead atoms. The van der Waals surface area contributed by atoms with Gasteiger partial charge in [-0.3, -0.25) is 4.79 Å². The Balaban J connectivity index is 1.90. The number of urea groups is 1. The van der Waals surface area contributed by atoms with Gasteiger partial charge in [-0.2, -0.15) is 0 Å². The van der Waals surface area contributed by atoms with Crippen LogP contribution in [0.5, 0.6) is 0 Å². The van der Waals surface area contributed by atoms with E-state index in [4.69, 9.17) is 0 Å². The molecule has 1 aliphatic heterocycles. The molecule has 2 aromatic carbocycles. The van der Waals surface area contributed by atoms with Crippen molar-refractivity contribution < 1.29 is 14.0 Å². The zero-order valence-corrected chi connectivity index (χ0v) is 13.7.